The number of piperidine rings is 1. The molecule has 0 radical (unpaired) electrons. The van der Waals surface area contributed by atoms with Gasteiger partial charge in [0.2, 0.25) is 5.91 Å². The Kier molecular flexibility index (Phi) is 4.48. The molecule has 116 valence electrons. The third-order valence-corrected chi connectivity index (χ3v) is 4.27. The van der Waals surface area contributed by atoms with Gasteiger partial charge < -0.3 is 10.6 Å². The maximum Gasteiger partial charge on any atom is 0.244 e. The smallest absolute Gasteiger partial charge is 0.244 e. The molecule has 1 amide bonds. The molecule has 1 unspecified atom stereocenters. The van der Waals surface area contributed by atoms with E-state index >= 15 is 0 Å². The van der Waals surface area contributed by atoms with Crippen molar-refractivity contribution >= 4 is 5.91 Å². The first-order valence-electron chi connectivity index (χ1n) is 7.67. The Morgan fingerprint density at radius 2 is 2.00 bits per heavy atom. The first-order chi connectivity index (χ1) is 10.7. The van der Waals surface area contributed by atoms with Crippen molar-refractivity contribution in [2.45, 2.75) is 25.4 Å². The highest BCUT2D eigenvalue weighted by atomic mass is 16.2. The molecular formula is C16H21N5O. The summed E-state index contributed by atoms with van der Waals surface area (Å²) in [6.07, 6.45) is 5.53. The monoisotopic (exact) mass is 299 g/mol. The standard InChI is InChI=1S/C16H21N5O/c17-15(14-4-2-1-3-5-14)16(22)20-9-6-13(7-10-20)12-21-11-8-18-19-21/h1-5,8,11,13,15H,6-7,9-10,12,17H2. The molecule has 2 N–H and O–H groups in total. The van der Waals surface area contributed by atoms with Gasteiger partial charge in [-0.25, -0.2) is 0 Å². The number of rotatable bonds is 4. The molecule has 2 aromatic rings. The van der Waals surface area contributed by atoms with Gasteiger partial charge in [-0.15, -0.1) is 5.10 Å². The van der Waals surface area contributed by atoms with E-state index in [4.69, 9.17) is 5.73 Å². The van der Waals surface area contributed by atoms with Crippen LogP contribution in [0.3, 0.4) is 0 Å². The molecule has 0 saturated carbocycles. The average Bonchev–Trinajstić information content (AvgIpc) is 3.08. The van der Waals surface area contributed by atoms with Crippen molar-refractivity contribution < 1.29 is 4.79 Å². The topological polar surface area (TPSA) is 77.0 Å². The van der Waals surface area contributed by atoms with E-state index in [1.807, 2.05) is 46.1 Å². The van der Waals surface area contributed by atoms with Crippen LogP contribution in [-0.4, -0.2) is 38.9 Å². The molecule has 1 aliphatic rings. The summed E-state index contributed by atoms with van der Waals surface area (Å²) in [7, 11) is 0. The number of nitrogens with zero attached hydrogens (tertiary/aromatic N) is 4. The summed E-state index contributed by atoms with van der Waals surface area (Å²) in [4.78, 5) is 14.4. The first kappa shape index (κ1) is 14.7. The molecule has 1 aromatic carbocycles. The third kappa shape index (κ3) is 3.33. The fourth-order valence-electron chi connectivity index (χ4n) is 2.93. The molecule has 1 fully saturated rings. The van der Waals surface area contributed by atoms with Crippen LogP contribution in [0.25, 0.3) is 0 Å². The minimum absolute atomic E-state index is 0.0189. The maximum absolute atomic E-state index is 12.5. The van der Waals surface area contributed by atoms with Crippen molar-refractivity contribution in [1.29, 1.82) is 0 Å². The number of carbonyl (C=O) groups excluding carboxylic acids is 1. The Bertz CT molecular complexity index is 590. The van der Waals surface area contributed by atoms with Gasteiger partial charge >= 0.3 is 0 Å². The van der Waals surface area contributed by atoms with Crippen molar-refractivity contribution in [3.63, 3.8) is 0 Å². The number of likely N-dealkylation sites (tertiary alicyclic amines) is 1. The van der Waals surface area contributed by atoms with Gasteiger partial charge in [0.1, 0.15) is 6.04 Å². The second-order valence-corrected chi connectivity index (χ2v) is 5.78. The average molecular weight is 299 g/mol. The van der Waals surface area contributed by atoms with Crippen molar-refractivity contribution in [1.82, 2.24) is 19.9 Å². The van der Waals surface area contributed by atoms with Crippen LogP contribution < -0.4 is 5.73 Å². The summed E-state index contributed by atoms with van der Waals surface area (Å²) < 4.78 is 1.86. The maximum atomic E-state index is 12.5. The molecule has 0 spiro atoms. The Labute approximate surface area is 129 Å². The van der Waals surface area contributed by atoms with E-state index in [-0.39, 0.29) is 5.91 Å². The van der Waals surface area contributed by atoms with Crippen molar-refractivity contribution in [2.24, 2.45) is 11.7 Å². The van der Waals surface area contributed by atoms with Gasteiger partial charge in [0.05, 0.1) is 6.20 Å². The van der Waals surface area contributed by atoms with E-state index < -0.39 is 6.04 Å². The molecule has 1 aliphatic heterocycles. The Balaban J connectivity index is 1.53. The minimum Gasteiger partial charge on any atom is -0.341 e. The van der Waals surface area contributed by atoms with E-state index in [0.29, 0.717) is 5.92 Å². The molecule has 0 aliphatic carbocycles. The SMILES string of the molecule is NC(C(=O)N1CCC(Cn2ccnn2)CC1)c1ccccc1. The van der Waals surface area contributed by atoms with Gasteiger partial charge in [0.15, 0.2) is 0 Å². The second-order valence-electron chi connectivity index (χ2n) is 5.78. The zero-order valence-corrected chi connectivity index (χ0v) is 12.5. The predicted octanol–water partition coefficient (Wildman–Crippen LogP) is 1.22. The molecule has 6 nitrogen and oxygen atoms in total. The zero-order chi connectivity index (χ0) is 15.4. The molecule has 22 heavy (non-hydrogen) atoms. The highest BCUT2D eigenvalue weighted by molar-refractivity contribution is 5.83. The van der Waals surface area contributed by atoms with Crippen LogP contribution in [0, 0.1) is 5.92 Å². The van der Waals surface area contributed by atoms with Crippen LogP contribution in [0.1, 0.15) is 24.4 Å². The van der Waals surface area contributed by atoms with Crippen LogP contribution in [0.4, 0.5) is 0 Å². The number of benzene rings is 1. The summed E-state index contributed by atoms with van der Waals surface area (Å²) in [6.45, 7) is 2.39. The molecule has 0 bridgehead atoms. The normalized spacial score (nSPS) is 17.4. The summed E-state index contributed by atoms with van der Waals surface area (Å²) in [5.41, 5.74) is 6.97. The fraction of sp³-hybridized carbons (Fsp3) is 0.438. The highest BCUT2D eigenvalue weighted by Gasteiger charge is 2.27. The number of hydrogen-bond acceptors (Lipinski definition) is 4. The lowest BCUT2D eigenvalue weighted by Crippen LogP contribution is -2.43. The van der Waals surface area contributed by atoms with E-state index in [9.17, 15) is 4.79 Å². The minimum atomic E-state index is -0.562. The Morgan fingerprint density at radius 1 is 1.27 bits per heavy atom. The van der Waals surface area contributed by atoms with Crippen LogP contribution >= 0.6 is 0 Å². The number of carbonyl (C=O) groups is 1. The molecule has 1 aromatic heterocycles. The molecular weight excluding hydrogens is 278 g/mol. The lowest BCUT2D eigenvalue weighted by Gasteiger charge is -2.33. The number of amides is 1. The van der Waals surface area contributed by atoms with Crippen molar-refractivity contribution in [3.8, 4) is 0 Å². The first-order valence-corrected chi connectivity index (χ1v) is 7.67. The van der Waals surface area contributed by atoms with E-state index in [1.54, 1.807) is 6.20 Å². The van der Waals surface area contributed by atoms with Gasteiger partial charge in [-0.1, -0.05) is 35.5 Å². The van der Waals surface area contributed by atoms with Crippen molar-refractivity contribution in [3.05, 3.63) is 48.3 Å². The largest absolute Gasteiger partial charge is 0.341 e. The third-order valence-electron chi connectivity index (χ3n) is 4.27. The summed E-state index contributed by atoms with van der Waals surface area (Å²) in [5.74, 6) is 0.559. The summed E-state index contributed by atoms with van der Waals surface area (Å²) in [5, 5.41) is 7.82. The molecule has 3 rings (SSSR count). The zero-order valence-electron chi connectivity index (χ0n) is 12.5. The van der Waals surface area contributed by atoms with Gasteiger partial charge in [-0.2, -0.15) is 0 Å². The Morgan fingerprint density at radius 3 is 2.64 bits per heavy atom. The van der Waals surface area contributed by atoms with Gasteiger partial charge in [-0.3, -0.25) is 9.48 Å². The van der Waals surface area contributed by atoms with E-state index in [0.717, 1.165) is 38.0 Å². The van der Waals surface area contributed by atoms with Gasteiger partial charge in [0, 0.05) is 25.8 Å². The van der Waals surface area contributed by atoms with Crippen LogP contribution in [0.5, 0.6) is 0 Å². The molecule has 6 heteroatoms. The number of aromatic nitrogens is 3. The van der Waals surface area contributed by atoms with E-state index in [1.165, 1.54) is 0 Å². The Hall–Kier alpha value is -2.21. The number of hydrogen-bond donors (Lipinski definition) is 1. The quantitative estimate of drug-likeness (QED) is 0.921. The fourth-order valence-corrected chi connectivity index (χ4v) is 2.93. The van der Waals surface area contributed by atoms with Gasteiger partial charge in [-0.05, 0) is 24.3 Å². The lowest BCUT2D eigenvalue weighted by molar-refractivity contribution is -0.134. The predicted molar refractivity (Wildman–Crippen MR) is 82.7 cm³/mol. The summed E-state index contributed by atoms with van der Waals surface area (Å²) in [6, 6.07) is 8.99. The molecule has 1 saturated heterocycles. The highest BCUT2D eigenvalue weighted by Crippen LogP contribution is 2.21. The van der Waals surface area contributed by atoms with Gasteiger partial charge in [0.25, 0.3) is 0 Å². The number of nitrogens with two attached hydrogens (primary N) is 1. The van der Waals surface area contributed by atoms with E-state index in [2.05, 4.69) is 10.3 Å². The molecule has 1 atom stereocenters. The second kappa shape index (κ2) is 6.70. The van der Waals surface area contributed by atoms with Crippen LogP contribution in [0.15, 0.2) is 42.7 Å². The van der Waals surface area contributed by atoms with Crippen LogP contribution in [0.2, 0.25) is 0 Å². The van der Waals surface area contributed by atoms with Crippen LogP contribution in [-0.2, 0) is 11.3 Å². The molecule has 2 heterocycles. The summed E-state index contributed by atoms with van der Waals surface area (Å²) >= 11 is 0. The van der Waals surface area contributed by atoms with Crippen molar-refractivity contribution in [2.75, 3.05) is 13.1 Å². The lowest BCUT2D eigenvalue weighted by atomic mass is 9.95.